The molecule has 2 radical (unpaired) electrons. The molecule has 3 amide bonds. The lowest BCUT2D eigenvalue weighted by atomic mass is 9.89. The van der Waals surface area contributed by atoms with Crippen LogP contribution >= 0.6 is 0 Å². The van der Waals surface area contributed by atoms with Crippen LogP contribution < -0.4 is 20.3 Å². The first-order chi connectivity index (χ1) is 17.4. The van der Waals surface area contributed by atoms with Gasteiger partial charge in [0.05, 0.1) is 13.7 Å². The number of nitrogens with one attached hydrogen (secondary N) is 1. The first kappa shape index (κ1) is 24.8. The lowest BCUT2D eigenvalue weighted by Gasteiger charge is -2.35. The second-order valence-electron chi connectivity index (χ2n) is 8.25. The Hall–Kier alpha value is -4.27. The number of para-hydroxylation sites is 1. The Balaban J connectivity index is 1.24. The molecule has 1 aliphatic rings. The van der Waals surface area contributed by atoms with Gasteiger partial charge in [0.2, 0.25) is 5.91 Å². The van der Waals surface area contributed by atoms with Gasteiger partial charge in [-0.15, -0.1) is 0 Å². The van der Waals surface area contributed by atoms with Crippen LogP contribution in [0.15, 0.2) is 72.8 Å². The van der Waals surface area contributed by atoms with Gasteiger partial charge in [0, 0.05) is 37.3 Å². The van der Waals surface area contributed by atoms with Crippen LogP contribution in [-0.4, -0.2) is 75.2 Å². The summed E-state index contributed by atoms with van der Waals surface area (Å²) in [7, 11) is 7.50. The number of carbonyl (C=O) groups is 3. The molecule has 0 aromatic heterocycles. The van der Waals surface area contributed by atoms with Crippen molar-refractivity contribution >= 4 is 31.0 Å². The second kappa shape index (κ2) is 11.4. The summed E-state index contributed by atoms with van der Waals surface area (Å²) in [6.45, 7) is 1.36. The summed E-state index contributed by atoms with van der Waals surface area (Å²) in [6.07, 6.45) is 0. The van der Waals surface area contributed by atoms with Gasteiger partial charge in [0.15, 0.2) is 0 Å². The van der Waals surface area contributed by atoms with Gasteiger partial charge in [0.25, 0.3) is 11.8 Å². The standard InChI is InChI=1S/C27H26BN3O5/c1-35-22-11-12-24(28)23(17-22)27(34)31-15-13-30(14-16-31)25(32)18-29-26(33)19-7-9-21(10-8-19)36-20-5-3-2-4-6-20/h2-12,17H,13-16,18H2,1H3,(H,29,33). The van der Waals surface area contributed by atoms with E-state index in [9.17, 15) is 14.4 Å². The van der Waals surface area contributed by atoms with Gasteiger partial charge in [-0.05, 0) is 48.5 Å². The SMILES string of the molecule is [B]c1ccc(OC)cc1C(=O)N1CCN(C(=O)CNC(=O)c2ccc(Oc3ccccc3)cc2)CC1. The molecule has 1 fully saturated rings. The summed E-state index contributed by atoms with van der Waals surface area (Å²) in [4.78, 5) is 41.3. The van der Waals surface area contributed by atoms with Gasteiger partial charge in [-0.2, -0.15) is 0 Å². The number of ether oxygens (including phenoxy) is 2. The maximum Gasteiger partial charge on any atom is 0.253 e. The number of methoxy groups -OCH3 is 1. The third kappa shape index (κ3) is 6.04. The predicted molar refractivity (Wildman–Crippen MR) is 136 cm³/mol. The molecule has 1 heterocycles. The monoisotopic (exact) mass is 483 g/mol. The number of hydrogen-bond donors (Lipinski definition) is 1. The van der Waals surface area contributed by atoms with E-state index in [1.54, 1.807) is 52.3 Å². The normalized spacial score (nSPS) is 13.1. The number of rotatable bonds is 7. The minimum absolute atomic E-state index is 0.127. The molecular weight excluding hydrogens is 457 g/mol. The third-order valence-corrected chi connectivity index (χ3v) is 5.91. The van der Waals surface area contributed by atoms with Crippen LogP contribution in [0.5, 0.6) is 17.2 Å². The van der Waals surface area contributed by atoms with Crippen molar-refractivity contribution in [1.29, 1.82) is 0 Å². The highest BCUT2D eigenvalue weighted by Crippen LogP contribution is 2.21. The average molecular weight is 483 g/mol. The quantitative estimate of drug-likeness (QED) is 0.520. The molecule has 0 bridgehead atoms. The molecule has 0 atom stereocenters. The van der Waals surface area contributed by atoms with E-state index >= 15 is 0 Å². The molecule has 36 heavy (non-hydrogen) atoms. The van der Waals surface area contributed by atoms with E-state index < -0.39 is 0 Å². The van der Waals surface area contributed by atoms with Crippen molar-refractivity contribution in [3.8, 4) is 17.2 Å². The summed E-state index contributed by atoms with van der Waals surface area (Å²) in [5.41, 5.74) is 1.18. The zero-order valence-electron chi connectivity index (χ0n) is 20.0. The lowest BCUT2D eigenvalue weighted by Crippen LogP contribution is -2.53. The van der Waals surface area contributed by atoms with Crippen molar-refractivity contribution in [2.24, 2.45) is 0 Å². The van der Waals surface area contributed by atoms with Crippen LogP contribution in [0, 0.1) is 0 Å². The van der Waals surface area contributed by atoms with Crippen molar-refractivity contribution in [1.82, 2.24) is 15.1 Å². The predicted octanol–water partition coefficient (Wildman–Crippen LogP) is 2.00. The molecule has 1 aliphatic heterocycles. The van der Waals surface area contributed by atoms with Gasteiger partial charge < -0.3 is 24.6 Å². The molecule has 0 saturated carbocycles. The topological polar surface area (TPSA) is 88.2 Å². The molecule has 1 N–H and O–H groups in total. The van der Waals surface area contributed by atoms with E-state index in [0.717, 1.165) is 0 Å². The first-order valence-corrected chi connectivity index (χ1v) is 11.6. The highest BCUT2D eigenvalue weighted by Gasteiger charge is 2.26. The number of nitrogens with zero attached hydrogens (tertiary/aromatic N) is 2. The second-order valence-corrected chi connectivity index (χ2v) is 8.25. The van der Waals surface area contributed by atoms with Crippen LogP contribution in [0.2, 0.25) is 0 Å². The fraction of sp³-hybridized carbons (Fsp3) is 0.222. The van der Waals surface area contributed by atoms with Crippen LogP contribution in [0.4, 0.5) is 0 Å². The molecular formula is C27H26BN3O5. The smallest absolute Gasteiger partial charge is 0.253 e. The third-order valence-electron chi connectivity index (χ3n) is 5.91. The molecule has 3 aromatic rings. The van der Waals surface area contributed by atoms with Gasteiger partial charge in [-0.3, -0.25) is 14.4 Å². The molecule has 1 saturated heterocycles. The molecule has 8 nitrogen and oxygen atoms in total. The number of hydrogen-bond acceptors (Lipinski definition) is 5. The van der Waals surface area contributed by atoms with Gasteiger partial charge in [-0.25, -0.2) is 0 Å². The van der Waals surface area contributed by atoms with Crippen LogP contribution in [0.3, 0.4) is 0 Å². The van der Waals surface area contributed by atoms with Gasteiger partial charge in [-0.1, -0.05) is 29.7 Å². The first-order valence-electron chi connectivity index (χ1n) is 11.6. The molecule has 0 unspecified atom stereocenters. The van der Waals surface area contributed by atoms with E-state index in [1.165, 1.54) is 7.11 Å². The Morgan fingerprint density at radius 3 is 2.11 bits per heavy atom. The molecule has 3 aromatic carbocycles. The summed E-state index contributed by atoms with van der Waals surface area (Å²) >= 11 is 0. The molecule has 4 rings (SSSR count). The minimum atomic E-state index is -0.350. The van der Waals surface area contributed by atoms with Crippen molar-refractivity contribution in [3.63, 3.8) is 0 Å². The van der Waals surface area contributed by atoms with E-state index in [4.69, 9.17) is 17.3 Å². The van der Waals surface area contributed by atoms with Crippen LogP contribution in [0.1, 0.15) is 20.7 Å². The largest absolute Gasteiger partial charge is 0.497 e. The van der Waals surface area contributed by atoms with Crippen molar-refractivity contribution in [2.45, 2.75) is 0 Å². The fourth-order valence-corrected chi connectivity index (χ4v) is 3.85. The van der Waals surface area contributed by atoms with Gasteiger partial charge in [0.1, 0.15) is 25.1 Å². The van der Waals surface area contributed by atoms with Crippen molar-refractivity contribution in [2.75, 3.05) is 39.8 Å². The Morgan fingerprint density at radius 1 is 0.833 bits per heavy atom. The van der Waals surface area contributed by atoms with Crippen molar-refractivity contribution < 1.29 is 23.9 Å². The zero-order chi connectivity index (χ0) is 25.5. The van der Waals surface area contributed by atoms with Gasteiger partial charge >= 0.3 is 0 Å². The molecule has 0 spiro atoms. The lowest BCUT2D eigenvalue weighted by molar-refractivity contribution is -0.131. The Morgan fingerprint density at radius 2 is 1.44 bits per heavy atom. The summed E-state index contributed by atoms with van der Waals surface area (Å²) in [6, 6.07) is 21.0. The van der Waals surface area contributed by atoms with Crippen LogP contribution in [-0.2, 0) is 4.79 Å². The Bertz CT molecular complexity index is 1230. The minimum Gasteiger partial charge on any atom is -0.497 e. The van der Waals surface area contributed by atoms with Crippen LogP contribution in [0.25, 0.3) is 0 Å². The number of benzene rings is 3. The van der Waals surface area contributed by atoms with E-state index in [2.05, 4.69) is 5.32 Å². The van der Waals surface area contributed by atoms with E-state index in [1.807, 2.05) is 30.3 Å². The number of amides is 3. The summed E-state index contributed by atoms with van der Waals surface area (Å²) in [5.74, 6) is 1.10. The Kier molecular flexibility index (Phi) is 7.90. The Labute approximate surface area is 211 Å². The maximum atomic E-state index is 12.9. The number of carbonyl (C=O) groups excluding carboxylic acids is 3. The zero-order valence-corrected chi connectivity index (χ0v) is 20.0. The van der Waals surface area contributed by atoms with Crippen molar-refractivity contribution in [3.05, 3.63) is 83.9 Å². The molecule has 9 heteroatoms. The summed E-state index contributed by atoms with van der Waals surface area (Å²) in [5, 5.41) is 2.66. The van der Waals surface area contributed by atoms with E-state index in [-0.39, 0.29) is 24.3 Å². The molecule has 182 valence electrons. The maximum absolute atomic E-state index is 12.9. The highest BCUT2D eigenvalue weighted by atomic mass is 16.5. The molecule has 0 aliphatic carbocycles. The average Bonchev–Trinajstić information content (AvgIpc) is 2.92. The van der Waals surface area contributed by atoms with E-state index in [0.29, 0.717) is 60.0 Å². The summed E-state index contributed by atoms with van der Waals surface area (Å²) < 4.78 is 10.9. The fourth-order valence-electron chi connectivity index (χ4n) is 3.85. The number of piperazine rings is 1. The highest BCUT2D eigenvalue weighted by molar-refractivity contribution is 6.36.